The lowest BCUT2D eigenvalue weighted by molar-refractivity contribution is -0.146. The second kappa shape index (κ2) is 7.79. The lowest BCUT2D eigenvalue weighted by Gasteiger charge is -2.26. The number of rotatable bonds is 5. The third-order valence-electron chi connectivity index (χ3n) is 5.16. The van der Waals surface area contributed by atoms with Crippen LogP contribution in [0.2, 0.25) is 0 Å². The normalized spacial score (nSPS) is 16.9. The van der Waals surface area contributed by atoms with Crippen molar-refractivity contribution in [2.75, 3.05) is 23.7 Å². The molecule has 1 saturated heterocycles. The molecule has 29 heavy (non-hydrogen) atoms. The third-order valence-corrected chi connectivity index (χ3v) is 6.29. The highest BCUT2D eigenvalue weighted by Crippen LogP contribution is 2.28. The van der Waals surface area contributed by atoms with Gasteiger partial charge in [0.25, 0.3) is 5.91 Å². The number of carbonyl (C=O) groups is 3. The molecule has 1 fully saturated rings. The van der Waals surface area contributed by atoms with Crippen LogP contribution >= 0.6 is 0 Å². The molecule has 0 aromatic heterocycles. The first-order chi connectivity index (χ1) is 13.6. The number of ketones is 1. The number of amides is 2. The molecule has 1 aliphatic rings. The van der Waals surface area contributed by atoms with E-state index in [0.29, 0.717) is 11.3 Å². The maximum atomic E-state index is 12.9. The Morgan fingerprint density at radius 3 is 2.34 bits per heavy atom. The average Bonchev–Trinajstić information content (AvgIpc) is 2.97. The largest absolute Gasteiger partial charge is 0.297 e. The maximum absolute atomic E-state index is 12.9. The molecule has 0 radical (unpaired) electrons. The Hall–Kier alpha value is -3.00. The Labute approximate surface area is 170 Å². The lowest BCUT2D eigenvalue weighted by atomic mass is 9.97. The van der Waals surface area contributed by atoms with E-state index in [4.69, 9.17) is 0 Å². The van der Waals surface area contributed by atoms with E-state index >= 15 is 0 Å². The van der Waals surface area contributed by atoms with E-state index < -0.39 is 40.1 Å². The molecule has 3 rings (SSSR count). The van der Waals surface area contributed by atoms with Crippen molar-refractivity contribution < 1.29 is 22.8 Å². The molecule has 0 aliphatic carbocycles. The van der Waals surface area contributed by atoms with Crippen LogP contribution in [0.15, 0.2) is 48.5 Å². The molecule has 2 aromatic rings. The molecule has 0 unspecified atom stereocenters. The fourth-order valence-corrected chi connectivity index (χ4v) is 4.28. The number of likely N-dealkylation sites (tertiary alicyclic amines) is 1. The molecule has 0 N–H and O–H groups in total. The van der Waals surface area contributed by atoms with Crippen molar-refractivity contribution in [1.82, 2.24) is 4.90 Å². The summed E-state index contributed by atoms with van der Waals surface area (Å²) < 4.78 is 25.7. The van der Waals surface area contributed by atoms with Gasteiger partial charge in [0.15, 0.2) is 0 Å². The van der Waals surface area contributed by atoms with E-state index in [1.165, 1.54) is 0 Å². The number of hydrogen-bond donors (Lipinski definition) is 0. The van der Waals surface area contributed by atoms with Gasteiger partial charge in [0.05, 0.1) is 17.9 Å². The van der Waals surface area contributed by atoms with E-state index in [-0.39, 0.29) is 6.54 Å². The monoisotopic (exact) mass is 414 g/mol. The number of aryl methyl sites for hydroxylation is 1. The number of Topliss-reactive ketones (excluding diaryl/α,β-unsaturated/α-hetero) is 1. The summed E-state index contributed by atoms with van der Waals surface area (Å²) in [5, 5.41) is 0. The highest BCUT2D eigenvalue weighted by atomic mass is 32.2. The van der Waals surface area contributed by atoms with Gasteiger partial charge in [0.1, 0.15) is 6.54 Å². The van der Waals surface area contributed by atoms with Crippen molar-refractivity contribution in [3.8, 4) is 0 Å². The van der Waals surface area contributed by atoms with Crippen LogP contribution in [0.3, 0.4) is 0 Å². The molecule has 8 heteroatoms. The first-order valence-corrected chi connectivity index (χ1v) is 10.9. The van der Waals surface area contributed by atoms with Crippen LogP contribution in [-0.4, -0.2) is 50.3 Å². The smallest absolute Gasteiger partial charge is 0.288 e. The van der Waals surface area contributed by atoms with Gasteiger partial charge in [-0.3, -0.25) is 23.6 Å². The van der Waals surface area contributed by atoms with Gasteiger partial charge in [-0.15, -0.1) is 0 Å². The Kier molecular flexibility index (Phi) is 5.57. The first kappa shape index (κ1) is 20.7. The summed E-state index contributed by atoms with van der Waals surface area (Å²) in [6.07, 6.45) is 1.01. The minimum Gasteiger partial charge on any atom is -0.288 e. The van der Waals surface area contributed by atoms with Gasteiger partial charge < -0.3 is 0 Å². The predicted molar refractivity (Wildman–Crippen MR) is 109 cm³/mol. The van der Waals surface area contributed by atoms with Crippen LogP contribution < -0.4 is 4.31 Å². The number of nitrogens with zero attached hydrogens (tertiary/aromatic N) is 2. The quantitative estimate of drug-likeness (QED) is 0.696. The molecule has 1 aliphatic heterocycles. The van der Waals surface area contributed by atoms with Crippen LogP contribution in [-0.2, 0) is 24.4 Å². The van der Waals surface area contributed by atoms with Crippen LogP contribution in [0, 0.1) is 13.8 Å². The lowest BCUT2D eigenvalue weighted by Crippen LogP contribution is -2.44. The highest BCUT2D eigenvalue weighted by Gasteiger charge is 2.43. The van der Waals surface area contributed by atoms with Gasteiger partial charge >= 0.3 is 0 Å². The Bertz CT molecular complexity index is 1080. The minimum atomic E-state index is -3.79. The van der Waals surface area contributed by atoms with Crippen molar-refractivity contribution in [3.05, 3.63) is 65.2 Å². The van der Waals surface area contributed by atoms with E-state index in [0.717, 1.165) is 26.6 Å². The van der Waals surface area contributed by atoms with Crippen LogP contribution in [0.25, 0.3) is 0 Å². The second-order valence-electron chi connectivity index (χ2n) is 7.13. The van der Waals surface area contributed by atoms with Crippen molar-refractivity contribution >= 4 is 33.3 Å². The van der Waals surface area contributed by atoms with Crippen molar-refractivity contribution in [3.63, 3.8) is 0 Å². The molecule has 2 aromatic carbocycles. The highest BCUT2D eigenvalue weighted by molar-refractivity contribution is 7.92. The van der Waals surface area contributed by atoms with Crippen molar-refractivity contribution in [1.29, 1.82) is 0 Å². The maximum Gasteiger partial charge on any atom is 0.297 e. The topological polar surface area (TPSA) is 91.8 Å². The van der Waals surface area contributed by atoms with Gasteiger partial charge in [-0.05, 0) is 36.6 Å². The number of carbonyl (C=O) groups excluding carboxylic acids is 3. The summed E-state index contributed by atoms with van der Waals surface area (Å²) >= 11 is 0. The molecular weight excluding hydrogens is 392 g/mol. The van der Waals surface area contributed by atoms with Crippen LogP contribution in [0.4, 0.5) is 5.69 Å². The fraction of sp³-hybridized carbons (Fsp3) is 0.286. The summed E-state index contributed by atoms with van der Waals surface area (Å²) in [4.78, 5) is 38.5. The second-order valence-corrected chi connectivity index (χ2v) is 9.03. The Balaban J connectivity index is 1.88. The minimum absolute atomic E-state index is 0.0923. The van der Waals surface area contributed by atoms with Gasteiger partial charge in [-0.1, -0.05) is 42.5 Å². The summed E-state index contributed by atoms with van der Waals surface area (Å²) in [5.41, 5.74) is 2.62. The number of hydrogen-bond acceptors (Lipinski definition) is 5. The third kappa shape index (κ3) is 4.07. The first-order valence-electron chi connectivity index (χ1n) is 9.08. The van der Waals surface area contributed by atoms with E-state index in [9.17, 15) is 22.8 Å². The van der Waals surface area contributed by atoms with Crippen LogP contribution in [0.5, 0.6) is 0 Å². The summed E-state index contributed by atoms with van der Waals surface area (Å²) in [5.74, 6) is -3.03. The number of sulfonamides is 1. The van der Waals surface area contributed by atoms with Gasteiger partial charge in [-0.25, -0.2) is 8.42 Å². The molecule has 0 spiro atoms. The molecule has 1 atom stereocenters. The van der Waals surface area contributed by atoms with Crippen molar-refractivity contribution in [2.24, 2.45) is 0 Å². The molecular formula is C21H22N2O5S. The van der Waals surface area contributed by atoms with Crippen molar-refractivity contribution in [2.45, 2.75) is 19.8 Å². The van der Waals surface area contributed by atoms with Gasteiger partial charge in [0.2, 0.25) is 21.7 Å². The molecule has 1 heterocycles. The number of imide groups is 1. The molecule has 0 bridgehead atoms. The zero-order valence-electron chi connectivity index (χ0n) is 16.5. The zero-order valence-corrected chi connectivity index (χ0v) is 17.3. The van der Waals surface area contributed by atoms with E-state index in [1.54, 1.807) is 49.4 Å². The van der Waals surface area contributed by atoms with E-state index in [2.05, 4.69) is 0 Å². The molecule has 7 nitrogen and oxygen atoms in total. The predicted octanol–water partition coefficient (Wildman–Crippen LogP) is 1.79. The summed E-state index contributed by atoms with van der Waals surface area (Å²) in [6, 6.07) is 13.9. The SMILES string of the molecule is Cc1cccc(N(CC(=O)N2C[C@@H](c3ccccc3)C(=O)C2=O)S(C)(=O)=O)c1C. The van der Waals surface area contributed by atoms with Gasteiger partial charge in [-0.2, -0.15) is 0 Å². The standard InChI is InChI=1S/C21H22N2O5S/c1-14-8-7-11-18(15(14)2)23(29(3,27)28)13-19(24)22-12-17(20(25)21(22)26)16-9-5-4-6-10-16/h4-11,17H,12-13H2,1-3H3/t17-/m0/s1. The molecule has 2 amide bonds. The number of benzene rings is 2. The summed E-state index contributed by atoms with van der Waals surface area (Å²) in [6.45, 7) is 2.96. The average molecular weight is 414 g/mol. The van der Waals surface area contributed by atoms with Crippen LogP contribution in [0.1, 0.15) is 22.6 Å². The fourth-order valence-electron chi connectivity index (χ4n) is 3.38. The molecule has 0 saturated carbocycles. The summed E-state index contributed by atoms with van der Waals surface area (Å²) in [7, 11) is -3.79. The Morgan fingerprint density at radius 2 is 1.72 bits per heavy atom. The zero-order chi connectivity index (χ0) is 21.3. The van der Waals surface area contributed by atoms with Gasteiger partial charge in [0, 0.05) is 6.54 Å². The van der Waals surface area contributed by atoms with E-state index in [1.807, 2.05) is 13.0 Å². The Morgan fingerprint density at radius 1 is 1.07 bits per heavy atom. The number of anilines is 1. The molecule has 152 valence electrons.